The van der Waals surface area contributed by atoms with Crippen LogP contribution in [0.3, 0.4) is 0 Å². The molecule has 14 heteroatoms. The summed E-state index contributed by atoms with van der Waals surface area (Å²) in [7, 11) is 0. The van der Waals surface area contributed by atoms with Gasteiger partial charge in [0.05, 0.1) is 12.4 Å². The maximum atomic E-state index is 13.5. The van der Waals surface area contributed by atoms with Crippen LogP contribution in [-0.4, -0.2) is 36.9 Å². The third-order valence-electron chi connectivity index (χ3n) is 4.65. The Hall–Kier alpha value is -3.58. The van der Waals surface area contributed by atoms with E-state index >= 15 is 0 Å². The quantitative estimate of drug-likeness (QED) is 0.506. The molecule has 1 saturated carbocycles. The van der Waals surface area contributed by atoms with Gasteiger partial charge in [-0.25, -0.2) is 22.5 Å². The molecule has 0 bridgehead atoms. The summed E-state index contributed by atoms with van der Waals surface area (Å²) in [4.78, 5) is 18.9. The van der Waals surface area contributed by atoms with Crippen molar-refractivity contribution in [2.45, 2.75) is 37.4 Å². The number of nitrogens with one attached hydrogen (secondary N) is 2. The minimum Gasteiger partial charge on any atom is -0.351 e. The van der Waals surface area contributed by atoms with Gasteiger partial charge in [0.15, 0.2) is 11.5 Å². The topological polar surface area (TPSA) is 88.5 Å². The smallest absolute Gasteiger partial charge is 0.351 e. The maximum absolute atomic E-state index is 13.5. The average molecular weight is 473 g/mol. The van der Waals surface area contributed by atoms with Gasteiger partial charge in [-0.3, -0.25) is 4.98 Å². The molecule has 33 heavy (non-hydrogen) atoms. The maximum Gasteiger partial charge on any atom is 0.434 e. The Labute approximate surface area is 181 Å². The van der Waals surface area contributed by atoms with E-state index in [9.17, 15) is 30.7 Å². The highest BCUT2D eigenvalue weighted by Crippen LogP contribution is 2.36. The highest BCUT2D eigenvalue weighted by Gasteiger charge is 2.40. The summed E-state index contributed by atoms with van der Waals surface area (Å²) in [6.45, 7) is 0. The van der Waals surface area contributed by atoms with Gasteiger partial charge in [0, 0.05) is 30.6 Å². The molecule has 0 saturated heterocycles. The lowest BCUT2D eigenvalue weighted by Gasteiger charge is -2.15. The molecule has 0 radical (unpaired) electrons. The van der Waals surface area contributed by atoms with Crippen molar-refractivity contribution in [1.29, 1.82) is 0 Å². The van der Waals surface area contributed by atoms with E-state index in [1.54, 1.807) is 0 Å². The molecule has 1 aliphatic rings. The number of hydrogen-bond donors (Lipinski definition) is 2. The second kappa shape index (κ2) is 8.41. The third kappa shape index (κ3) is 5.62. The van der Waals surface area contributed by atoms with Crippen LogP contribution in [0.5, 0.6) is 0 Å². The van der Waals surface area contributed by atoms with Gasteiger partial charge in [0.25, 0.3) is 0 Å². The largest absolute Gasteiger partial charge is 0.434 e. The van der Waals surface area contributed by atoms with E-state index in [4.69, 9.17) is 0 Å². The molecule has 174 valence electrons. The molecule has 2 N–H and O–H groups in total. The number of halogens is 7. The first-order valence-corrected chi connectivity index (χ1v) is 9.50. The molecule has 1 atom stereocenters. The number of benzene rings is 1. The highest BCUT2D eigenvalue weighted by molar-refractivity contribution is 5.58. The van der Waals surface area contributed by atoms with E-state index in [0.29, 0.717) is 12.3 Å². The van der Waals surface area contributed by atoms with E-state index in [0.717, 1.165) is 18.3 Å². The molecular formula is C19H14F7N7. The summed E-state index contributed by atoms with van der Waals surface area (Å²) in [6, 6.07) is 1.79. The Balaban J connectivity index is 1.71. The molecule has 3 aromatic rings. The summed E-state index contributed by atoms with van der Waals surface area (Å²) < 4.78 is 93.2. The summed E-state index contributed by atoms with van der Waals surface area (Å²) in [5, 5.41) is 5.22. The zero-order valence-corrected chi connectivity index (χ0v) is 16.5. The Morgan fingerprint density at radius 1 is 0.909 bits per heavy atom. The Morgan fingerprint density at radius 2 is 1.61 bits per heavy atom. The molecule has 0 aliphatic heterocycles. The molecular weight excluding hydrogens is 459 g/mol. The van der Waals surface area contributed by atoms with Crippen molar-refractivity contribution in [1.82, 2.24) is 24.9 Å². The SMILES string of the molecule is Fc1cc(F)cc(Nc2nc(NC3CCC(F)(F)C3)nc(-c3cncc(C(F)(F)F)n3)n2)c1. The molecule has 4 rings (SSSR count). The normalized spacial score (nSPS) is 17.7. The van der Waals surface area contributed by atoms with Crippen LogP contribution in [0.4, 0.5) is 48.3 Å². The standard InChI is InChI=1S/C19H14F7N7/c20-9-3-10(21)5-12(4-9)29-17-32-15(13-7-27-8-14(30-13)19(24,25)26)31-16(33-17)28-11-1-2-18(22,23)6-11/h3-5,7-8,11H,1-2,6H2,(H2,28,29,31,32,33). The average Bonchev–Trinajstić information content (AvgIpc) is 3.04. The monoisotopic (exact) mass is 473 g/mol. The summed E-state index contributed by atoms with van der Waals surface area (Å²) in [6.07, 6.45) is -4.03. The van der Waals surface area contributed by atoms with E-state index < -0.39 is 41.9 Å². The van der Waals surface area contributed by atoms with E-state index in [2.05, 4.69) is 35.6 Å². The predicted octanol–water partition coefficient (Wildman–Crippen LogP) is 4.97. The van der Waals surface area contributed by atoms with Gasteiger partial charge in [0.2, 0.25) is 17.8 Å². The summed E-state index contributed by atoms with van der Waals surface area (Å²) >= 11 is 0. The van der Waals surface area contributed by atoms with Crippen LogP contribution < -0.4 is 10.6 Å². The molecule has 0 spiro atoms. The van der Waals surface area contributed by atoms with Crippen molar-refractivity contribution < 1.29 is 30.7 Å². The lowest BCUT2D eigenvalue weighted by Crippen LogP contribution is -2.21. The molecule has 7 nitrogen and oxygen atoms in total. The minimum absolute atomic E-state index is 0.0990. The van der Waals surface area contributed by atoms with Crippen LogP contribution in [0.15, 0.2) is 30.6 Å². The van der Waals surface area contributed by atoms with Crippen molar-refractivity contribution >= 4 is 17.6 Å². The van der Waals surface area contributed by atoms with Crippen LogP contribution in [0.25, 0.3) is 11.5 Å². The van der Waals surface area contributed by atoms with Crippen molar-refractivity contribution in [2.75, 3.05) is 10.6 Å². The first-order valence-electron chi connectivity index (χ1n) is 9.50. The van der Waals surface area contributed by atoms with E-state index in [-0.39, 0.29) is 41.9 Å². The number of rotatable bonds is 5. The van der Waals surface area contributed by atoms with Crippen LogP contribution in [0, 0.1) is 11.6 Å². The van der Waals surface area contributed by atoms with Crippen molar-refractivity contribution in [3.63, 3.8) is 0 Å². The second-order valence-electron chi connectivity index (χ2n) is 7.32. The Morgan fingerprint density at radius 3 is 2.24 bits per heavy atom. The van der Waals surface area contributed by atoms with Gasteiger partial charge >= 0.3 is 6.18 Å². The molecule has 1 fully saturated rings. The summed E-state index contributed by atoms with van der Waals surface area (Å²) in [5.74, 6) is -5.59. The Bertz CT molecular complexity index is 1150. The van der Waals surface area contributed by atoms with E-state index in [1.807, 2.05) is 0 Å². The molecule has 2 heterocycles. The van der Waals surface area contributed by atoms with Gasteiger partial charge < -0.3 is 10.6 Å². The number of alkyl halides is 5. The van der Waals surface area contributed by atoms with Gasteiger partial charge in [-0.1, -0.05) is 0 Å². The second-order valence-corrected chi connectivity index (χ2v) is 7.32. The molecule has 1 aliphatic carbocycles. The number of anilines is 3. The number of nitrogens with zero attached hydrogens (tertiary/aromatic N) is 5. The molecule has 0 amide bonds. The van der Waals surface area contributed by atoms with Crippen LogP contribution >= 0.6 is 0 Å². The van der Waals surface area contributed by atoms with Crippen LogP contribution in [0.1, 0.15) is 25.0 Å². The number of hydrogen-bond acceptors (Lipinski definition) is 7. The minimum atomic E-state index is -4.78. The van der Waals surface area contributed by atoms with Gasteiger partial charge in [-0.2, -0.15) is 28.1 Å². The van der Waals surface area contributed by atoms with Crippen molar-refractivity contribution in [3.8, 4) is 11.5 Å². The van der Waals surface area contributed by atoms with Crippen molar-refractivity contribution in [3.05, 3.63) is 47.9 Å². The van der Waals surface area contributed by atoms with Crippen LogP contribution in [-0.2, 0) is 6.18 Å². The lowest BCUT2D eigenvalue weighted by molar-refractivity contribution is -0.141. The number of aromatic nitrogens is 5. The van der Waals surface area contributed by atoms with Gasteiger partial charge in [0.1, 0.15) is 17.3 Å². The highest BCUT2D eigenvalue weighted by atomic mass is 19.4. The zero-order valence-electron chi connectivity index (χ0n) is 16.5. The Kier molecular flexibility index (Phi) is 5.76. The van der Waals surface area contributed by atoms with Gasteiger partial charge in [-0.05, 0) is 18.6 Å². The summed E-state index contributed by atoms with van der Waals surface area (Å²) in [5.41, 5.74) is -1.77. The van der Waals surface area contributed by atoms with Gasteiger partial charge in [-0.15, -0.1) is 0 Å². The lowest BCUT2D eigenvalue weighted by atomic mass is 10.2. The fourth-order valence-electron chi connectivity index (χ4n) is 3.23. The molecule has 2 aromatic heterocycles. The first-order chi connectivity index (χ1) is 15.5. The van der Waals surface area contributed by atoms with E-state index in [1.165, 1.54) is 0 Å². The fourth-order valence-corrected chi connectivity index (χ4v) is 3.23. The zero-order chi connectivity index (χ0) is 23.8. The van der Waals surface area contributed by atoms with Crippen molar-refractivity contribution in [2.24, 2.45) is 0 Å². The fraction of sp³-hybridized carbons (Fsp3) is 0.316. The molecule has 1 unspecified atom stereocenters. The van der Waals surface area contributed by atoms with Crippen LogP contribution in [0.2, 0.25) is 0 Å². The molecule has 1 aromatic carbocycles. The third-order valence-corrected chi connectivity index (χ3v) is 4.65. The first kappa shape index (κ1) is 22.6. The predicted molar refractivity (Wildman–Crippen MR) is 102 cm³/mol.